The average molecular weight is 137 g/mol. The molecule has 0 unspecified atom stereocenters. The van der Waals surface area contributed by atoms with Crippen LogP contribution in [0.4, 0.5) is 0 Å². The van der Waals surface area contributed by atoms with E-state index >= 15 is 0 Å². The van der Waals surface area contributed by atoms with Crippen LogP contribution in [0.15, 0.2) is 18.3 Å². The minimum atomic E-state index is 0.442. The van der Waals surface area contributed by atoms with E-state index in [9.17, 15) is 4.79 Å². The van der Waals surface area contributed by atoms with Gasteiger partial charge in [-0.1, -0.05) is 0 Å². The first-order valence-corrected chi connectivity index (χ1v) is 2.87. The van der Waals surface area contributed by atoms with E-state index in [0.717, 1.165) is 5.69 Å². The summed E-state index contributed by atoms with van der Waals surface area (Å²) >= 11 is 0. The van der Waals surface area contributed by atoms with Crippen molar-refractivity contribution < 1.29 is 4.79 Å². The second-order valence-electron chi connectivity index (χ2n) is 1.71. The van der Waals surface area contributed by atoms with E-state index in [1.165, 1.54) is 0 Å². The number of rotatable bonds is 3. The van der Waals surface area contributed by atoms with Gasteiger partial charge in [0.05, 0.1) is 12.2 Å². The lowest BCUT2D eigenvalue weighted by Crippen LogP contribution is -2.11. The first-order chi connectivity index (χ1) is 4.93. The van der Waals surface area contributed by atoms with Gasteiger partial charge in [0.2, 0.25) is 6.41 Å². The zero-order chi connectivity index (χ0) is 7.23. The lowest BCUT2D eigenvalue weighted by molar-refractivity contribution is -0.109. The quantitative estimate of drug-likeness (QED) is 0.583. The van der Waals surface area contributed by atoms with Crippen LogP contribution >= 0.6 is 0 Å². The van der Waals surface area contributed by atoms with Crippen molar-refractivity contribution in [2.45, 2.75) is 6.54 Å². The molecule has 0 aromatic carbocycles. The van der Waals surface area contributed by atoms with Crippen molar-refractivity contribution in [3.05, 3.63) is 24.0 Å². The zero-order valence-corrected chi connectivity index (χ0v) is 5.32. The Bertz CT molecular complexity index is 199. The van der Waals surface area contributed by atoms with Crippen LogP contribution in [0.2, 0.25) is 0 Å². The summed E-state index contributed by atoms with van der Waals surface area (Å²) in [5.41, 5.74) is 0.759. The highest BCUT2D eigenvalue weighted by Crippen LogP contribution is 1.87. The molecule has 0 radical (unpaired) electrons. The van der Waals surface area contributed by atoms with Crippen LogP contribution in [0.3, 0.4) is 0 Å². The Balaban J connectivity index is 2.50. The van der Waals surface area contributed by atoms with Crippen LogP contribution in [0, 0.1) is 0 Å². The third kappa shape index (κ3) is 1.81. The van der Waals surface area contributed by atoms with Crippen molar-refractivity contribution in [1.29, 1.82) is 0 Å². The van der Waals surface area contributed by atoms with Crippen LogP contribution < -0.4 is 5.32 Å². The minimum Gasteiger partial charge on any atom is -0.353 e. The highest BCUT2D eigenvalue weighted by atomic mass is 16.1. The monoisotopic (exact) mass is 137 g/mol. The van der Waals surface area contributed by atoms with Gasteiger partial charge in [-0.15, -0.1) is 0 Å². The number of amides is 1. The van der Waals surface area contributed by atoms with Crippen molar-refractivity contribution in [2.75, 3.05) is 0 Å². The Kier molecular flexibility index (Phi) is 2.37. The zero-order valence-electron chi connectivity index (χ0n) is 5.32. The highest BCUT2D eigenvalue weighted by molar-refractivity contribution is 5.45. The molecule has 10 heavy (non-hydrogen) atoms. The SMILES string of the molecule is O=CNCc1cccnn1. The van der Waals surface area contributed by atoms with Gasteiger partial charge < -0.3 is 5.32 Å². The maximum Gasteiger partial charge on any atom is 0.207 e. The summed E-state index contributed by atoms with van der Waals surface area (Å²) < 4.78 is 0. The van der Waals surface area contributed by atoms with Gasteiger partial charge in [0, 0.05) is 6.20 Å². The van der Waals surface area contributed by atoms with Crippen molar-refractivity contribution >= 4 is 6.41 Å². The minimum absolute atomic E-state index is 0.442. The standard InChI is InChI=1S/C6H7N3O/c10-5-7-4-6-2-1-3-8-9-6/h1-3,5H,4H2,(H,7,10). The molecule has 0 spiro atoms. The van der Waals surface area contributed by atoms with Gasteiger partial charge in [0.15, 0.2) is 0 Å². The van der Waals surface area contributed by atoms with Crippen LogP contribution in [-0.4, -0.2) is 16.6 Å². The van der Waals surface area contributed by atoms with Crippen LogP contribution in [0.1, 0.15) is 5.69 Å². The molecule has 0 aliphatic heterocycles. The summed E-state index contributed by atoms with van der Waals surface area (Å²) in [6.07, 6.45) is 2.22. The number of hydrogen-bond acceptors (Lipinski definition) is 3. The molecule has 4 nitrogen and oxygen atoms in total. The number of nitrogens with one attached hydrogen (secondary N) is 1. The van der Waals surface area contributed by atoms with Crippen molar-refractivity contribution in [2.24, 2.45) is 0 Å². The molecule has 0 fully saturated rings. The Hall–Kier alpha value is -1.45. The summed E-state index contributed by atoms with van der Waals surface area (Å²) in [4.78, 5) is 9.82. The molecule has 0 atom stereocenters. The van der Waals surface area contributed by atoms with Crippen molar-refractivity contribution in [1.82, 2.24) is 15.5 Å². The fourth-order valence-corrected chi connectivity index (χ4v) is 0.574. The van der Waals surface area contributed by atoms with Crippen molar-refractivity contribution in [3.63, 3.8) is 0 Å². The molecule has 0 saturated carbocycles. The normalized spacial score (nSPS) is 8.80. The predicted molar refractivity (Wildman–Crippen MR) is 34.9 cm³/mol. The maximum atomic E-state index is 9.82. The number of carbonyl (C=O) groups is 1. The molecule has 1 amide bonds. The van der Waals surface area contributed by atoms with Crippen LogP contribution in [-0.2, 0) is 11.3 Å². The fourth-order valence-electron chi connectivity index (χ4n) is 0.574. The van der Waals surface area contributed by atoms with Gasteiger partial charge in [-0.3, -0.25) is 4.79 Å². The predicted octanol–water partition coefficient (Wildman–Crippen LogP) is -0.277. The number of nitrogens with zero attached hydrogens (tertiary/aromatic N) is 2. The Morgan fingerprint density at radius 2 is 2.60 bits per heavy atom. The van der Waals surface area contributed by atoms with E-state index in [4.69, 9.17) is 0 Å². The third-order valence-corrected chi connectivity index (χ3v) is 0.994. The topological polar surface area (TPSA) is 54.9 Å². The Labute approximate surface area is 58.3 Å². The lowest BCUT2D eigenvalue weighted by Gasteiger charge is -1.94. The van der Waals surface area contributed by atoms with Crippen LogP contribution in [0.5, 0.6) is 0 Å². The fraction of sp³-hybridized carbons (Fsp3) is 0.167. The number of aromatic nitrogens is 2. The van der Waals surface area contributed by atoms with Gasteiger partial charge in [-0.2, -0.15) is 10.2 Å². The molecule has 1 aromatic heterocycles. The lowest BCUT2D eigenvalue weighted by atomic mass is 10.4. The average Bonchev–Trinajstić information content (AvgIpc) is 2.03. The summed E-state index contributed by atoms with van der Waals surface area (Å²) in [6, 6.07) is 3.57. The number of hydrogen-bond donors (Lipinski definition) is 1. The van der Waals surface area contributed by atoms with E-state index in [2.05, 4.69) is 15.5 Å². The molecule has 1 heterocycles. The summed E-state index contributed by atoms with van der Waals surface area (Å²) in [7, 11) is 0. The maximum absolute atomic E-state index is 9.82. The second kappa shape index (κ2) is 3.55. The smallest absolute Gasteiger partial charge is 0.207 e. The molecular formula is C6H7N3O. The number of carbonyl (C=O) groups excluding carboxylic acids is 1. The van der Waals surface area contributed by atoms with Crippen molar-refractivity contribution in [3.8, 4) is 0 Å². The van der Waals surface area contributed by atoms with E-state index in [1.54, 1.807) is 18.3 Å². The Morgan fingerprint density at radius 1 is 1.70 bits per heavy atom. The molecule has 0 saturated heterocycles. The van der Waals surface area contributed by atoms with Gasteiger partial charge in [0.25, 0.3) is 0 Å². The molecule has 0 bridgehead atoms. The largest absolute Gasteiger partial charge is 0.353 e. The van der Waals surface area contributed by atoms with E-state index in [0.29, 0.717) is 13.0 Å². The van der Waals surface area contributed by atoms with E-state index < -0.39 is 0 Å². The first kappa shape index (κ1) is 6.67. The second-order valence-corrected chi connectivity index (χ2v) is 1.71. The molecule has 0 aliphatic rings. The summed E-state index contributed by atoms with van der Waals surface area (Å²) in [5, 5.41) is 9.86. The van der Waals surface area contributed by atoms with Gasteiger partial charge >= 0.3 is 0 Å². The molecule has 1 N–H and O–H groups in total. The molecule has 52 valence electrons. The Morgan fingerprint density at radius 3 is 3.20 bits per heavy atom. The highest BCUT2D eigenvalue weighted by Gasteiger charge is 1.88. The molecule has 0 aliphatic carbocycles. The van der Waals surface area contributed by atoms with Gasteiger partial charge in [-0.25, -0.2) is 0 Å². The summed E-state index contributed by atoms with van der Waals surface area (Å²) in [6.45, 7) is 0.442. The molecule has 1 rings (SSSR count). The van der Waals surface area contributed by atoms with Gasteiger partial charge in [0.1, 0.15) is 0 Å². The van der Waals surface area contributed by atoms with Crippen LogP contribution in [0.25, 0.3) is 0 Å². The molecule has 4 heteroatoms. The molecular weight excluding hydrogens is 130 g/mol. The van der Waals surface area contributed by atoms with E-state index in [-0.39, 0.29) is 0 Å². The summed E-state index contributed by atoms with van der Waals surface area (Å²) in [5.74, 6) is 0. The third-order valence-electron chi connectivity index (χ3n) is 0.994. The molecule has 1 aromatic rings. The first-order valence-electron chi connectivity index (χ1n) is 2.87. The van der Waals surface area contributed by atoms with Gasteiger partial charge in [-0.05, 0) is 12.1 Å². The van der Waals surface area contributed by atoms with E-state index in [1.807, 2.05) is 0 Å².